The molecule has 0 aromatic carbocycles. The molecule has 2 heterocycles. The largest absolute Gasteiger partial charge is 0.480 e. The summed E-state index contributed by atoms with van der Waals surface area (Å²) in [4.78, 5) is 13.4. The third-order valence-electron chi connectivity index (χ3n) is 5.30. The van der Waals surface area contributed by atoms with E-state index in [4.69, 9.17) is 4.74 Å². The second-order valence-corrected chi connectivity index (χ2v) is 6.68. The molecular formula is C15H25NO4. The van der Waals surface area contributed by atoms with Gasteiger partial charge in [-0.15, -0.1) is 0 Å². The number of aliphatic hydroxyl groups is 1. The molecule has 3 rings (SSSR count). The Morgan fingerprint density at radius 3 is 2.70 bits per heavy atom. The van der Waals surface area contributed by atoms with E-state index < -0.39 is 18.1 Å². The lowest BCUT2D eigenvalue weighted by Gasteiger charge is -2.46. The van der Waals surface area contributed by atoms with Crippen LogP contribution in [0.2, 0.25) is 0 Å². The predicted molar refractivity (Wildman–Crippen MR) is 73.5 cm³/mol. The minimum Gasteiger partial charge on any atom is -0.480 e. The van der Waals surface area contributed by atoms with Gasteiger partial charge in [0.15, 0.2) is 0 Å². The zero-order valence-corrected chi connectivity index (χ0v) is 12.0. The summed E-state index contributed by atoms with van der Waals surface area (Å²) in [5.41, 5.74) is -0.0161. The maximum Gasteiger partial charge on any atom is 0.321 e. The van der Waals surface area contributed by atoms with Gasteiger partial charge in [0.25, 0.3) is 0 Å². The number of likely N-dealkylation sites (tertiary alicyclic amines) is 1. The first-order chi connectivity index (χ1) is 9.60. The molecule has 3 fully saturated rings. The summed E-state index contributed by atoms with van der Waals surface area (Å²) in [6.45, 7) is 1.22. The molecule has 2 aliphatic heterocycles. The van der Waals surface area contributed by atoms with E-state index in [1.54, 1.807) is 0 Å². The van der Waals surface area contributed by atoms with Crippen molar-refractivity contribution in [3.05, 3.63) is 0 Å². The fourth-order valence-electron chi connectivity index (χ4n) is 4.31. The highest BCUT2D eigenvalue weighted by Crippen LogP contribution is 2.41. The number of β-amino-alcohol motifs (C(OH)–C–C–N with tert-alkyl or cyclic N) is 1. The van der Waals surface area contributed by atoms with Crippen molar-refractivity contribution in [1.29, 1.82) is 0 Å². The van der Waals surface area contributed by atoms with Crippen molar-refractivity contribution in [2.75, 3.05) is 13.2 Å². The lowest BCUT2D eigenvalue weighted by Crippen LogP contribution is -2.52. The Kier molecular flexibility index (Phi) is 4.02. The molecular weight excluding hydrogens is 258 g/mol. The van der Waals surface area contributed by atoms with Gasteiger partial charge >= 0.3 is 5.97 Å². The van der Waals surface area contributed by atoms with Gasteiger partial charge in [-0.05, 0) is 25.7 Å². The first-order valence-electron chi connectivity index (χ1n) is 7.90. The van der Waals surface area contributed by atoms with Gasteiger partial charge in [-0.1, -0.05) is 19.3 Å². The Balaban J connectivity index is 1.71. The van der Waals surface area contributed by atoms with Crippen LogP contribution in [0.15, 0.2) is 0 Å². The number of ether oxygens (including phenoxy) is 1. The topological polar surface area (TPSA) is 70.0 Å². The normalized spacial score (nSPS) is 38.1. The molecule has 0 radical (unpaired) electrons. The van der Waals surface area contributed by atoms with Crippen LogP contribution in [-0.4, -0.2) is 58.0 Å². The average Bonchev–Trinajstić information content (AvgIpc) is 2.82. The van der Waals surface area contributed by atoms with Crippen LogP contribution < -0.4 is 0 Å². The Morgan fingerprint density at radius 1 is 1.25 bits per heavy atom. The molecule has 0 aromatic rings. The monoisotopic (exact) mass is 283 g/mol. The van der Waals surface area contributed by atoms with E-state index in [0.717, 1.165) is 32.3 Å². The van der Waals surface area contributed by atoms with Gasteiger partial charge in [0, 0.05) is 25.6 Å². The highest BCUT2D eigenvalue weighted by molar-refractivity contribution is 5.74. The number of hydrogen-bond acceptors (Lipinski definition) is 4. The van der Waals surface area contributed by atoms with Crippen molar-refractivity contribution >= 4 is 5.97 Å². The van der Waals surface area contributed by atoms with Crippen molar-refractivity contribution in [3.63, 3.8) is 0 Å². The Bertz CT molecular complexity index is 361. The molecule has 0 aromatic heterocycles. The maximum absolute atomic E-state index is 11.4. The molecule has 2 N–H and O–H groups in total. The molecule has 5 heteroatoms. The molecule has 1 saturated carbocycles. The second-order valence-electron chi connectivity index (χ2n) is 6.68. The minimum absolute atomic E-state index is 0.0161. The Hall–Kier alpha value is -0.650. The highest BCUT2D eigenvalue weighted by atomic mass is 16.5. The van der Waals surface area contributed by atoms with Gasteiger partial charge in [-0.2, -0.15) is 0 Å². The number of carbonyl (C=O) groups is 1. The maximum atomic E-state index is 11.4. The van der Waals surface area contributed by atoms with Crippen LogP contribution in [0.4, 0.5) is 0 Å². The van der Waals surface area contributed by atoms with Crippen molar-refractivity contribution in [2.45, 2.75) is 75.2 Å². The quantitative estimate of drug-likeness (QED) is 0.801. The average molecular weight is 283 g/mol. The van der Waals surface area contributed by atoms with E-state index in [-0.39, 0.29) is 11.6 Å². The van der Waals surface area contributed by atoms with Gasteiger partial charge in [0.05, 0.1) is 11.7 Å². The van der Waals surface area contributed by atoms with Crippen LogP contribution >= 0.6 is 0 Å². The fraction of sp³-hybridized carbons (Fsp3) is 0.933. The SMILES string of the molecule is O=C(O)C1CC(O)CN1C1CCOC2(CCCCC2)C1. The number of hydrogen-bond donors (Lipinski definition) is 2. The number of rotatable bonds is 2. The third-order valence-corrected chi connectivity index (χ3v) is 5.30. The van der Waals surface area contributed by atoms with Crippen LogP contribution in [0.3, 0.4) is 0 Å². The predicted octanol–water partition coefficient (Wildman–Crippen LogP) is 1.39. The molecule has 114 valence electrons. The Labute approximate surface area is 119 Å². The summed E-state index contributed by atoms with van der Waals surface area (Å²) in [7, 11) is 0. The van der Waals surface area contributed by atoms with Gasteiger partial charge in [0.2, 0.25) is 0 Å². The van der Waals surface area contributed by atoms with Crippen LogP contribution in [0.5, 0.6) is 0 Å². The molecule has 3 aliphatic rings. The molecule has 0 bridgehead atoms. The number of carboxylic acid groups (broad SMARTS) is 1. The zero-order valence-electron chi connectivity index (χ0n) is 12.0. The van der Waals surface area contributed by atoms with E-state index in [1.807, 2.05) is 4.90 Å². The molecule has 0 amide bonds. The summed E-state index contributed by atoms with van der Waals surface area (Å²) >= 11 is 0. The smallest absolute Gasteiger partial charge is 0.321 e. The number of carboxylic acids is 1. The molecule has 2 saturated heterocycles. The summed E-state index contributed by atoms with van der Waals surface area (Å²) in [6.07, 6.45) is 7.63. The van der Waals surface area contributed by atoms with Gasteiger partial charge < -0.3 is 14.9 Å². The molecule has 1 aliphatic carbocycles. The summed E-state index contributed by atoms with van der Waals surface area (Å²) in [5, 5.41) is 19.2. The van der Waals surface area contributed by atoms with Crippen LogP contribution in [0.25, 0.3) is 0 Å². The lowest BCUT2D eigenvalue weighted by molar-refractivity contribution is -0.149. The standard InChI is InChI=1S/C15H25NO4/c17-12-8-13(14(18)19)16(10-12)11-4-7-20-15(9-11)5-2-1-3-6-15/h11-13,17H,1-10H2,(H,18,19). The van der Waals surface area contributed by atoms with Crippen LogP contribution in [-0.2, 0) is 9.53 Å². The summed E-state index contributed by atoms with van der Waals surface area (Å²) < 4.78 is 6.08. The molecule has 3 atom stereocenters. The lowest BCUT2D eigenvalue weighted by atomic mass is 9.78. The molecule has 3 unspecified atom stereocenters. The first kappa shape index (κ1) is 14.3. The van der Waals surface area contributed by atoms with Crippen LogP contribution in [0.1, 0.15) is 51.4 Å². The third kappa shape index (κ3) is 2.71. The van der Waals surface area contributed by atoms with E-state index in [1.165, 1.54) is 19.3 Å². The zero-order chi connectivity index (χ0) is 14.2. The van der Waals surface area contributed by atoms with E-state index in [9.17, 15) is 15.0 Å². The number of aliphatic carboxylic acids is 1. The Morgan fingerprint density at radius 2 is 2.00 bits per heavy atom. The highest BCUT2D eigenvalue weighted by Gasteiger charge is 2.45. The van der Waals surface area contributed by atoms with Crippen molar-refractivity contribution in [1.82, 2.24) is 4.90 Å². The van der Waals surface area contributed by atoms with Crippen molar-refractivity contribution in [3.8, 4) is 0 Å². The number of aliphatic hydroxyl groups excluding tert-OH is 1. The molecule has 20 heavy (non-hydrogen) atoms. The van der Waals surface area contributed by atoms with Gasteiger partial charge in [0.1, 0.15) is 6.04 Å². The summed E-state index contributed by atoms with van der Waals surface area (Å²) in [5.74, 6) is -0.800. The first-order valence-corrected chi connectivity index (χ1v) is 7.90. The van der Waals surface area contributed by atoms with Crippen LogP contribution in [0, 0.1) is 0 Å². The number of nitrogens with zero attached hydrogens (tertiary/aromatic N) is 1. The van der Waals surface area contributed by atoms with E-state index in [0.29, 0.717) is 13.0 Å². The molecule has 5 nitrogen and oxygen atoms in total. The second kappa shape index (κ2) is 5.62. The summed E-state index contributed by atoms with van der Waals surface area (Å²) in [6, 6.07) is -0.270. The van der Waals surface area contributed by atoms with Gasteiger partial charge in [-0.3, -0.25) is 9.69 Å². The molecule has 1 spiro atoms. The van der Waals surface area contributed by atoms with E-state index in [2.05, 4.69) is 0 Å². The fourth-order valence-corrected chi connectivity index (χ4v) is 4.31. The van der Waals surface area contributed by atoms with Gasteiger partial charge in [-0.25, -0.2) is 0 Å². The minimum atomic E-state index is -0.800. The van der Waals surface area contributed by atoms with E-state index >= 15 is 0 Å². The van der Waals surface area contributed by atoms with Crippen molar-refractivity contribution in [2.24, 2.45) is 0 Å². The van der Waals surface area contributed by atoms with Crippen molar-refractivity contribution < 1.29 is 19.7 Å².